The lowest BCUT2D eigenvalue weighted by molar-refractivity contribution is 0.112. The van der Waals surface area contributed by atoms with E-state index in [0.29, 0.717) is 23.7 Å². The molecule has 19 heavy (non-hydrogen) atoms. The molecule has 0 radical (unpaired) electrons. The van der Waals surface area contributed by atoms with Gasteiger partial charge in [-0.2, -0.15) is 0 Å². The Balaban J connectivity index is 2.75. The van der Waals surface area contributed by atoms with Crippen LogP contribution in [0.1, 0.15) is 44.0 Å². The fourth-order valence-electron chi connectivity index (χ4n) is 1.68. The van der Waals surface area contributed by atoms with E-state index in [1.807, 2.05) is 13.8 Å². The number of carbonyl (C=O) groups excluding carboxylic acids is 1. The maximum absolute atomic E-state index is 10.8. The molecule has 0 fully saturated rings. The second kappa shape index (κ2) is 8.35. The van der Waals surface area contributed by atoms with Crippen LogP contribution in [0.15, 0.2) is 30.4 Å². The first-order chi connectivity index (χ1) is 9.21. The molecular formula is C16H22O3. The molecular weight excluding hydrogens is 240 g/mol. The topological polar surface area (TPSA) is 35.5 Å². The molecule has 1 aromatic rings. The summed E-state index contributed by atoms with van der Waals surface area (Å²) in [5.41, 5.74) is 0.592. The van der Waals surface area contributed by atoms with E-state index in [1.54, 1.807) is 18.2 Å². The van der Waals surface area contributed by atoms with Crippen molar-refractivity contribution in [1.82, 2.24) is 0 Å². The van der Waals surface area contributed by atoms with Crippen LogP contribution >= 0.6 is 0 Å². The molecule has 104 valence electrons. The lowest BCUT2D eigenvalue weighted by Gasteiger charge is -2.16. The summed E-state index contributed by atoms with van der Waals surface area (Å²) in [5, 5.41) is 0. The molecule has 0 aromatic heterocycles. The van der Waals surface area contributed by atoms with Gasteiger partial charge in [0.25, 0.3) is 0 Å². The summed E-state index contributed by atoms with van der Waals surface area (Å²) in [5.74, 6) is 1.31. The van der Waals surface area contributed by atoms with Gasteiger partial charge in [0.15, 0.2) is 11.5 Å². The first-order valence-corrected chi connectivity index (χ1v) is 6.74. The lowest BCUT2D eigenvalue weighted by atomic mass is 10.2. The molecule has 0 heterocycles. The standard InChI is InChI=1S/C16H22O3/c1-4-6-7-8-13(3)19-15-10-9-14(12-17)11-16(15)18-5-2/h6-7,9-13H,4-5,8H2,1-3H3/b7-6-. The fraction of sp³-hybridized carbons (Fsp3) is 0.438. The number of hydrogen-bond acceptors (Lipinski definition) is 3. The van der Waals surface area contributed by atoms with Gasteiger partial charge in [0, 0.05) is 12.0 Å². The summed E-state index contributed by atoms with van der Waals surface area (Å²) < 4.78 is 11.4. The van der Waals surface area contributed by atoms with E-state index in [1.165, 1.54) is 0 Å². The molecule has 3 nitrogen and oxygen atoms in total. The number of carbonyl (C=O) groups is 1. The van der Waals surface area contributed by atoms with E-state index in [-0.39, 0.29) is 6.10 Å². The zero-order valence-electron chi connectivity index (χ0n) is 11.9. The van der Waals surface area contributed by atoms with Crippen LogP contribution in [0.25, 0.3) is 0 Å². The average Bonchev–Trinajstić information content (AvgIpc) is 2.41. The SMILES string of the molecule is CC/C=C\CC(C)Oc1ccc(C=O)cc1OCC. The molecule has 0 aliphatic carbocycles. The fourth-order valence-corrected chi connectivity index (χ4v) is 1.68. The van der Waals surface area contributed by atoms with Crippen molar-refractivity contribution in [2.45, 2.75) is 39.7 Å². The molecule has 0 N–H and O–H groups in total. The number of ether oxygens (including phenoxy) is 2. The Morgan fingerprint density at radius 3 is 2.63 bits per heavy atom. The molecule has 1 atom stereocenters. The van der Waals surface area contributed by atoms with Crippen LogP contribution in [-0.2, 0) is 0 Å². The second-order valence-corrected chi connectivity index (χ2v) is 4.30. The Morgan fingerprint density at radius 1 is 1.21 bits per heavy atom. The van der Waals surface area contributed by atoms with Crippen LogP contribution in [-0.4, -0.2) is 19.0 Å². The molecule has 3 heteroatoms. The highest BCUT2D eigenvalue weighted by Crippen LogP contribution is 2.29. The van der Waals surface area contributed by atoms with Gasteiger partial charge in [0.1, 0.15) is 6.29 Å². The second-order valence-electron chi connectivity index (χ2n) is 4.30. The van der Waals surface area contributed by atoms with Crippen LogP contribution in [0, 0.1) is 0 Å². The Bertz CT molecular complexity index is 424. The van der Waals surface area contributed by atoms with Gasteiger partial charge in [-0.15, -0.1) is 0 Å². The van der Waals surface area contributed by atoms with Crippen LogP contribution in [0.5, 0.6) is 11.5 Å². The maximum Gasteiger partial charge on any atom is 0.161 e. The number of allylic oxidation sites excluding steroid dienone is 1. The van der Waals surface area contributed by atoms with Gasteiger partial charge < -0.3 is 9.47 Å². The quantitative estimate of drug-likeness (QED) is 0.524. The smallest absolute Gasteiger partial charge is 0.161 e. The highest BCUT2D eigenvalue weighted by Gasteiger charge is 2.09. The third-order valence-corrected chi connectivity index (χ3v) is 2.60. The normalized spacial score (nSPS) is 12.4. The molecule has 0 saturated heterocycles. The largest absolute Gasteiger partial charge is 0.490 e. The van der Waals surface area contributed by atoms with Gasteiger partial charge in [-0.1, -0.05) is 19.1 Å². The molecule has 0 aliphatic rings. The van der Waals surface area contributed by atoms with Crippen molar-refractivity contribution >= 4 is 6.29 Å². The predicted molar refractivity (Wildman–Crippen MR) is 77.1 cm³/mol. The molecule has 1 rings (SSSR count). The van der Waals surface area contributed by atoms with Gasteiger partial charge in [0.05, 0.1) is 12.7 Å². The third kappa shape index (κ3) is 5.16. The van der Waals surface area contributed by atoms with Crippen molar-refractivity contribution in [3.63, 3.8) is 0 Å². The molecule has 0 aliphatic heterocycles. The zero-order valence-corrected chi connectivity index (χ0v) is 11.9. The highest BCUT2D eigenvalue weighted by atomic mass is 16.5. The first kappa shape index (κ1) is 15.3. The molecule has 0 spiro atoms. The van der Waals surface area contributed by atoms with E-state index < -0.39 is 0 Å². The number of benzene rings is 1. The Hall–Kier alpha value is -1.77. The number of hydrogen-bond donors (Lipinski definition) is 0. The minimum Gasteiger partial charge on any atom is -0.490 e. The third-order valence-electron chi connectivity index (χ3n) is 2.60. The summed E-state index contributed by atoms with van der Waals surface area (Å²) in [6.45, 7) is 6.57. The van der Waals surface area contributed by atoms with Crippen molar-refractivity contribution in [3.05, 3.63) is 35.9 Å². The lowest BCUT2D eigenvalue weighted by Crippen LogP contribution is -2.11. The summed E-state index contributed by atoms with van der Waals surface area (Å²) in [7, 11) is 0. The van der Waals surface area contributed by atoms with Crippen molar-refractivity contribution in [2.75, 3.05) is 6.61 Å². The molecule has 1 unspecified atom stereocenters. The molecule has 0 bridgehead atoms. The summed E-state index contributed by atoms with van der Waals surface area (Å²) in [6.07, 6.45) is 7.01. The average molecular weight is 262 g/mol. The van der Waals surface area contributed by atoms with E-state index in [2.05, 4.69) is 19.1 Å². The van der Waals surface area contributed by atoms with Gasteiger partial charge in [-0.05, 0) is 38.5 Å². The summed E-state index contributed by atoms with van der Waals surface area (Å²) >= 11 is 0. The molecule has 0 amide bonds. The van der Waals surface area contributed by atoms with Crippen LogP contribution < -0.4 is 9.47 Å². The Morgan fingerprint density at radius 2 is 2.00 bits per heavy atom. The first-order valence-electron chi connectivity index (χ1n) is 6.74. The van der Waals surface area contributed by atoms with Gasteiger partial charge in [-0.25, -0.2) is 0 Å². The van der Waals surface area contributed by atoms with Crippen molar-refractivity contribution < 1.29 is 14.3 Å². The van der Waals surface area contributed by atoms with E-state index in [9.17, 15) is 4.79 Å². The summed E-state index contributed by atoms with van der Waals surface area (Å²) in [6, 6.07) is 5.23. The van der Waals surface area contributed by atoms with Gasteiger partial charge in [0.2, 0.25) is 0 Å². The van der Waals surface area contributed by atoms with Crippen LogP contribution in [0.4, 0.5) is 0 Å². The molecule has 1 aromatic carbocycles. The van der Waals surface area contributed by atoms with E-state index in [0.717, 1.165) is 19.1 Å². The van der Waals surface area contributed by atoms with Crippen molar-refractivity contribution in [3.8, 4) is 11.5 Å². The monoisotopic (exact) mass is 262 g/mol. The molecule has 0 saturated carbocycles. The maximum atomic E-state index is 10.8. The van der Waals surface area contributed by atoms with E-state index >= 15 is 0 Å². The van der Waals surface area contributed by atoms with Gasteiger partial charge in [-0.3, -0.25) is 4.79 Å². The minimum absolute atomic E-state index is 0.0732. The van der Waals surface area contributed by atoms with E-state index in [4.69, 9.17) is 9.47 Å². The Kier molecular flexibility index (Phi) is 6.72. The minimum atomic E-state index is 0.0732. The van der Waals surface area contributed by atoms with Crippen molar-refractivity contribution in [2.24, 2.45) is 0 Å². The zero-order chi connectivity index (χ0) is 14.1. The van der Waals surface area contributed by atoms with Crippen LogP contribution in [0.2, 0.25) is 0 Å². The number of rotatable bonds is 8. The summed E-state index contributed by atoms with van der Waals surface area (Å²) in [4.78, 5) is 10.8. The van der Waals surface area contributed by atoms with Gasteiger partial charge >= 0.3 is 0 Å². The van der Waals surface area contributed by atoms with Crippen molar-refractivity contribution in [1.29, 1.82) is 0 Å². The number of aldehydes is 1. The highest BCUT2D eigenvalue weighted by molar-refractivity contribution is 5.76. The predicted octanol–water partition coefficient (Wildman–Crippen LogP) is 4.02. The Labute approximate surface area is 115 Å². The van der Waals surface area contributed by atoms with Crippen LogP contribution in [0.3, 0.4) is 0 Å².